The topological polar surface area (TPSA) is 117 Å². The molecule has 0 spiro atoms. The van der Waals surface area contributed by atoms with Crippen molar-refractivity contribution in [2.24, 2.45) is 4.99 Å². The summed E-state index contributed by atoms with van der Waals surface area (Å²) < 4.78 is 27.5. The highest BCUT2D eigenvalue weighted by atomic mass is 32.2. The highest BCUT2D eigenvalue weighted by Gasteiger charge is 2.33. The minimum atomic E-state index is -3.77. The number of benzene rings is 3. The number of carbonyl (C=O) groups excluding carboxylic acids is 1. The molecule has 0 atom stereocenters. The lowest BCUT2D eigenvalue weighted by atomic mass is 10.1. The summed E-state index contributed by atoms with van der Waals surface area (Å²) in [7, 11) is -2.14. The van der Waals surface area contributed by atoms with Gasteiger partial charge in [-0.05, 0) is 42.0 Å². The lowest BCUT2D eigenvalue weighted by Crippen LogP contribution is -2.44. The van der Waals surface area contributed by atoms with Crippen molar-refractivity contribution in [3.63, 3.8) is 0 Å². The lowest BCUT2D eigenvalue weighted by molar-refractivity contribution is 0.102. The van der Waals surface area contributed by atoms with E-state index in [9.17, 15) is 13.2 Å². The van der Waals surface area contributed by atoms with Crippen LogP contribution in [0.1, 0.15) is 15.9 Å². The molecule has 158 valence electrons. The largest absolute Gasteiger partial charge is 0.397 e. The van der Waals surface area contributed by atoms with Crippen LogP contribution in [0.3, 0.4) is 0 Å². The average Bonchev–Trinajstić information content (AvgIpc) is 2.77. The molecule has 31 heavy (non-hydrogen) atoms. The Morgan fingerprint density at radius 2 is 1.68 bits per heavy atom. The third kappa shape index (κ3) is 3.95. The Bertz CT molecular complexity index is 1270. The van der Waals surface area contributed by atoms with Crippen molar-refractivity contribution in [3.8, 4) is 0 Å². The van der Waals surface area contributed by atoms with E-state index in [1.807, 2.05) is 0 Å². The fraction of sp³-hybridized carbons (Fsp3) is 0.0909. The molecule has 1 aliphatic rings. The van der Waals surface area contributed by atoms with Crippen LogP contribution in [0.5, 0.6) is 0 Å². The molecule has 0 fully saturated rings. The first-order chi connectivity index (χ1) is 14.9. The molecule has 0 saturated heterocycles. The third-order valence-corrected chi connectivity index (χ3v) is 6.65. The molecular weight excluding hydrogens is 414 g/mol. The van der Waals surface area contributed by atoms with Gasteiger partial charge in [0.05, 0.1) is 23.6 Å². The second kappa shape index (κ2) is 8.11. The first kappa shape index (κ1) is 20.4. The Balaban J connectivity index is 1.55. The normalized spacial score (nSPS) is 14.4. The van der Waals surface area contributed by atoms with Gasteiger partial charge in [0.1, 0.15) is 4.90 Å². The number of fused-ring (bicyclic) bond motifs is 1. The molecule has 1 amide bonds. The second-order valence-electron chi connectivity index (χ2n) is 6.90. The SMILES string of the molecule is CNC1=Nc2ccccc2S(=O)(=O)N1Cc1ccc(C(=O)Nc2ccccc2N)cc1. The molecule has 3 aromatic carbocycles. The van der Waals surface area contributed by atoms with Crippen molar-refractivity contribution in [1.82, 2.24) is 9.62 Å². The number of rotatable bonds is 4. The van der Waals surface area contributed by atoms with E-state index in [0.29, 0.717) is 28.2 Å². The standard InChI is InChI=1S/C22H21N5O3S/c1-24-22-26-19-8-4-5-9-20(19)31(29,30)27(22)14-15-10-12-16(13-11-15)21(28)25-18-7-3-2-6-17(18)23/h2-13H,14,23H2,1H3,(H,24,26)(H,25,28). The van der Waals surface area contributed by atoms with Gasteiger partial charge in [-0.25, -0.2) is 17.7 Å². The van der Waals surface area contributed by atoms with E-state index in [1.165, 1.54) is 10.4 Å². The van der Waals surface area contributed by atoms with Crippen LogP contribution in [0, 0.1) is 0 Å². The summed E-state index contributed by atoms with van der Waals surface area (Å²) in [6.45, 7) is 0.0733. The molecular formula is C22H21N5O3S. The second-order valence-corrected chi connectivity index (χ2v) is 8.73. The van der Waals surface area contributed by atoms with Crippen molar-refractivity contribution in [1.29, 1.82) is 0 Å². The zero-order chi connectivity index (χ0) is 22.0. The number of nitrogen functional groups attached to an aromatic ring is 1. The maximum Gasteiger partial charge on any atom is 0.269 e. The average molecular weight is 436 g/mol. The molecule has 1 aliphatic heterocycles. The minimum Gasteiger partial charge on any atom is -0.397 e. The summed E-state index contributed by atoms with van der Waals surface area (Å²) in [6, 6.07) is 20.3. The van der Waals surface area contributed by atoms with Crippen molar-refractivity contribution >= 4 is 39.0 Å². The third-order valence-electron chi connectivity index (χ3n) is 4.87. The summed E-state index contributed by atoms with van der Waals surface area (Å²) in [4.78, 5) is 17.1. The van der Waals surface area contributed by atoms with Crippen LogP contribution in [0.4, 0.5) is 17.1 Å². The van der Waals surface area contributed by atoms with Gasteiger partial charge < -0.3 is 16.4 Å². The predicted octanol–water partition coefficient (Wildman–Crippen LogP) is 2.93. The number of nitrogens with one attached hydrogen (secondary N) is 2. The maximum atomic E-state index is 13.1. The number of amides is 1. The number of carbonyl (C=O) groups is 1. The quantitative estimate of drug-likeness (QED) is 0.545. The van der Waals surface area contributed by atoms with Crippen molar-refractivity contribution in [2.75, 3.05) is 18.1 Å². The van der Waals surface area contributed by atoms with E-state index in [4.69, 9.17) is 5.73 Å². The Morgan fingerprint density at radius 1 is 1.00 bits per heavy atom. The number of aliphatic imine (C=N–C) groups is 1. The zero-order valence-electron chi connectivity index (χ0n) is 16.7. The van der Waals surface area contributed by atoms with Crippen LogP contribution in [0.25, 0.3) is 0 Å². The Morgan fingerprint density at radius 3 is 2.39 bits per heavy atom. The smallest absolute Gasteiger partial charge is 0.269 e. The van der Waals surface area contributed by atoms with Crippen molar-refractivity contribution in [2.45, 2.75) is 11.4 Å². The zero-order valence-corrected chi connectivity index (χ0v) is 17.6. The Kier molecular flexibility index (Phi) is 5.35. The molecule has 4 rings (SSSR count). The summed E-state index contributed by atoms with van der Waals surface area (Å²) in [5, 5.41) is 5.62. The molecule has 0 radical (unpaired) electrons. The molecule has 0 aromatic heterocycles. The molecule has 9 heteroatoms. The van der Waals surface area contributed by atoms with Crippen LogP contribution in [-0.4, -0.2) is 31.6 Å². The molecule has 0 aliphatic carbocycles. The van der Waals surface area contributed by atoms with E-state index >= 15 is 0 Å². The molecule has 0 saturated carbocycles. The van der Waals surface area contributed by atoms with Crippen LogP contribution >= 0.6 is 0 Å². The first-order valence-corrected chi connectivity index (χ1v) is 11.0. The molecule has 0 bridgehead atoms. The fourth-order valence-electron chi connectivity index (χ4n) is 3.24. The molecule has 4 N–H and O–H groups in total. The number of para-hydroxylation sites is 3. The van der Waals surface area contributed by atoms with E-state index in [0.717, 1.165) is 0 Å². The number of nitrogens with zero attached hydrogens (tertiary/aromatic N) is 2. The Labute approximate surface area is 180 Å². The van der Waals surface area contributed by atoms with Gasteiger partial charge >= 0.3 is 0 Å². The van der Waals surface area contributed by atoms with Crippen LogP contribution in [0.15, 0.2) is 82.7 Å². The summed E-state index contributed by atoms with van der Waals surface area (Å²) >= 11 is 0. The van der Waals surface area contributed by atoms with Gasteiger partial charge in [0, 0.05) is 12.6 Å². The van der Waals surface area contributed by atoms with E-state index < -0.39 is 10.0 Å². The van der Waals surface area contributed by atoms with Gasteiger partial charge in [0.15, 0.2) is 0 Å². The number of anilines is 2. The summed E-state index contributed by atoms with van der Waals surface area (Å²) in [5.41, 5.74) is 8.41. The predicted molar refractivity (Wildman–Crippen MR) is 121 cm³/mol. The van der Waals surface area contributed by atoms with Gasteiger partial charge in [0.25, 0.3) is 15.9 Å². The van der Waals surface area contributed by atoms with Gasteiger partial charge in [-0.2, -0.15) is 0 Å². The number of hydrogen-bond donors (Lipinski definition) is 3. The maximum absolute atomic E-state index is 13.1. The van der Waals surface area contributed by atoms with Gasteiger partial charge in [-0.15, -0.1) is 0 Å². The summed E-state index contributed by atoms with van der Waals surface area (Å²) in [5.74, 6) is -0.0680. The number of guanidine groups is 1. The molecule has 0 unspecified atom stereocenters. The van der Waals surface area contributed by atoms with E-state index in [-0.39, 0.29) is 23.3 Å². The lowest BCUT2D eigenvalue weighted by Gasteiger charge is -2.29. The Hall–Kier alpha value is -3.85. The first-order valence-electron chi connectivity index (χ1n) is 9.53. The van der Waals surface area contributed by atoms with Crippen LogP contribution < -0.4 is 16.4 Å². The summed E-state index contributed by atoms with van der Waals surface area (Å²) in [6.07, 6.45) is 0. The highest BCUT2D eigenvalue weighted by molar-refractivity contribution is 7.89. The van der Waals surface area contributed by atoms with Crippen molar-refractivity contribution < 1.29 is 13.2 Å². The highest BCUT2D eigenvalue weighted by Crippen LogP contribution is 2.32. The van der Waals surface area contributed by atoms with Gasteiger partial charge in [-0.1, -0.05) is 36.4 Å². The van der Waals surface area contributed by atoms with E-state index in [1.54, 1.807) is 73.8 Å². The van der Waals surface area contributed by atoms with Gasteiger partial charge in [0.2, 0.25) is 5.96 Å². The molecule has 8 nitrogen and oxygen atoms in total. The van der Waals surface area contributed by atoms with E-state index in [2.05, 4.69) is 15.6 Å². The van der Waals surface area contributed by atoms with Crippen molar-refractivity contribution in [3.05, 3.63) is 83.9 Å². The minimum absolute atomic E-state index is 0.0733. The van der Waals surface area contributed by atoms with Gasteiger partial charge in [-0.3, -0.25) is 4.79 Å². The molecule has 3 aromatic rings. The number of hydrogen-bond acceptors (Lipinski definition) is 6. The van der Waals surface area contributed by atoms with Crippen LogP contribution in [-0.2, 0) is 16.6 Å². The molecule has 1 heterocycles. The van der Waals surface area contributed by atoms with Crippen LogP contribution in [0.2, 0.25) is 0 Å². The number of nitrogens with two attached hydrogens (primary N) is 1. The number of sulfonamides is 1. The monoisotopic (exact) mass is 435 g/mol. The fourth-order valence-corrected chi connectivity index (χ4v) is 4.79.